The van der Waals surface area contributed by atoms with E-state index in [2.05, 4.69) is 15.9 Å². The minimum absolute atomic E-state index is 0.00423. The second-order valence-corrected chi connectivity index (χ2v) is 4.71. The van der Waals surface area contributed by atoms with Crippen LogP contribution in [0.2, 0.25) is 0 Å². The Morgan fingerprint density at radius 2 is 2.24 bits per heavy atom. The van der Waals surface area contributed by atoms with E-state index in [4.69, 9.17) is 10.5 Å². The molecule has 0 heterocycles. The second kappa shape index (κ2) is 6.02. The van der Waals surface area contributed by atoms with Gasteiger partial charge in [0.05, 0.1) is 11.6 Å². The number of nitrogens with zero attached hydrogens (tertiary/aromatic N) is 1. The first kappa shape index (κ1) is 14.0. The van der Waals surface area contributed by atoms with Gasteiger partial charge in [0.2, 0.25) is 5.91 Å². The Balaban J connectivity index is 2.93. The Hall–Kier alpha value is -1.07. The van der Waals surface area contributed by atoms with Gasteiger partial charge in [0.1, 0.15) is 5.75 Å². The van der Waals surface area contributed by atoms with Gasteiger partial charge in [-0.25, -0.2) is 0 Å². The summed E-state index contributed by atoms with van der Waals surface area (Å²) in [5.41, 5.74) is 6.30. The maximum Gasteiger partial charge on any atom is 0.230 e. The van der Waals surface area contributed by atoms with Crippen LogP contribution in [0.1, 0.15) is 6.92 Å². The highest BCUT2D eigenvalue weighted by atomic mass is 79.9. The molecule has 1 aromatic carbocycles. The number of carbonyl (C=O) groups excluding carboxylic acids is 1. The zero-order valence-corrected chi connectivity index (χ0v) is 11.8. The van der Waals surface area contributed by atoms with Crippen molar-refractivity contribution in [2.24, 2.45) is 11.7 Å². The van der Waals surface area contributed by atoms with Crippen LogP contribution in [0.5, 0.6) is 5.75 Å². The summed E-state index contributed by atoms with van der Waals surface area (Å²) in [5, 5.41) is 0. The number of carbonyl (C=O) groups is 1. The molecule has 2 N–H and O–H groups in total. The minimum atomic E-state index is -0.180. The molecule has 5 heteroatoms. The zero-order valence-electron chi connectivity index (χ0n) is 10.2. The van der Waals surface area contributed by atoms with Gasteiger partial charge in [0.15, 0.2) is 0 Å². The maximum absolute atomic E-state index is 11.9. The van der Waals surface area contributed by atoms with Gasteiger partial charge in [0.25, 0.3) is 0 Å². The van der Waals surface area contributed by atoms with Gasteiger partial charge >= 0.3 is 0 Å². The monoisotopic (exact) mass is 300 g/mol. The van der Waals surface area contributed by atoms with Crippen LogP contribution in [0, 0.1) is 5.92 Å². The highest BCUT2D eigenvalue weighted by Crippen LogP contribution is 2.29. The van der Waals surface area contributed by atoms with Crippen molar-refractivity contribution in [3.05, 3.63) is 22.7 Å². The Kier molecular flexibility index (Phi) is 4.96. The number of rotatable bonds is 4. The van der Waals surface area contributed by atoms with Crippen molar-refractivity contribution in [3.8, 4) is 5.75 Å². The largest absolute Gasteiger partial charge is 0.496 e. The molecule has 0 radical (unpaired) electrons. The maximum atomic E-state index is 11.9. The van der Waals surface area contributed by atoms with Crippen LogP contribution in [0.25, 0.3) is 0 Å². The van der Waals surface area contributed by atoms with E-state index in [9.17, 15) is 4.79 Å². The van der Waals surface area contributed by atoms with Crippen LogP contribution < -0.4 is 15.4 Å². The van der Waals surface area contributed by atoms with Crippen molar-refractivity contribution < 1.29 is 9.53 Å². The normalized spacial score (nSPS) is 12.1. The van der Waals surface area contributed by atoms with Gasteiger partial charge < -0.3 is 15.4 Å². The van der Waals surface area contributed by atoms with Crippen molar-refractivity contribution in [2.45, 2.75) is 6.92 Å². The van der Waals surface area contributed by atoms with Crippen molar-refractivity contribution in [1.82, 2.24) is 0 Å². The first-order valence-electron chi connectivity index (χ1n) is 5.32. The van der Waals surface area contributed by atoms with Crippen LogP contribution in [0.4, 0.5) is 5.69 Å². The number of amides is 1. The van der Waals surface area contributed by atoms with Crippen LogP contribution in [0.3, 0.4) is 0 Å². The van der Waals surface area contributed by atoms with Crippen LogP contribution in [0.15, 0.2) is 22.7 Å². The molecule has 0 aliphatic carbocycles. The SMILES string of the molecule is COc1ccc(N(C)C(=O)C(C)CN)cc1Br. The van der Waals surface area contributed by atoms with Gasteiger partial charge in [-0.3, -0.25) is 4.79 Å². The van der Waals surface area contributed by atoms with Crippen LogP contribution in [-0.4, -0.2) is 26.6 Å². The number of hydrogen-bond donors (Lipinski definition) is 1. The molecule has 0 fully saturated rings. The summed E-state index contributed by atoms with van der Waals surface area (Å²) < 4.78 is 5.96. The summed E-state index contributed by atoms with van der Waals surface area (Å²) in [6.07, 6.45) is 0. The van der Waals surface area contributed by atoms with E-state index in [1.165, 1.54) is 0 Å². The molecule has 1 amide bonds. The fourth-order valence-electron chi connectivity index (χ4n) is 1.42. The summed E-state index contributed by atoms with van der Waals surface area (Å²) in [6, 6.07) is 5.50. The van der Waals surface area contributed by atoms with E-state index in [0.29, 0.717) is 6.54 Å². The number of benzene rings is 1. The lowest BCUT2D eigenvalue weighted by Gasteiger charge is -2.21. The number of halogens is 1. The first-order chi connectivity index (χ1) is 8.01. The van der Waals surface area contributed by atoms with Gasteiger partial charge in [-0.05, 0) is 34.1 Å². The number of methoxy groups -OCH3 is 1. The standard InChI is InChI=1S/C12H17BrN2O2/c1-8(7-14)12(16)15(2)9-4-5-11(17-3)10(13)6-9/h4-6,8H,7,14H2,1-3H3. The molecule has 4 nitrogen and oxygen atoms in total. The molecule has 1 rings (SSSR count). The smallest absolute Gasteiger partial charge is 0.230 e. The highest BCUT2D eigenvalue weighted by Gasteiger charge is 2.17. The molecule has 0 bridgehead atoms. The third kappa shape index (κ3) is 3.20. The van der Waals surface area contributed by atoms with E-state index in [1.54, 1.807) is 19.1 Å². The Bertz CT molecular complexity index is 409. The van der Waals surface area contributed by atoms with Crippen molar-refractivity contribution in [2.75, 3.05) is 25.6 Å². The minimum Gasteiger partial charge on any atom is -0.496 e. The summed E-state index contributed by atoms with van der Waals surface area (Å²) in [5.74, 6) is 0.562. The molecule has 0 spiro atoms. The Morgan fingerprint density at radius 1 is 1.59 bits per heavy atom. The molecular weight excluding hydrogens is 284 g/mol. The van der Waals surface area contributed by atoms with E-state index >= 15 is 0 Å². The molecule has 0 aliphatic rings. The fourth-order valence-corrected chi connectivity index (χ4v) is 1.95. The molecule has 0 aliphatic heterocycles. The van der Waals surface area contributed by atoms with Gasteiger partial charge in [-0.15, -0.1) is 0 Å². The third-order valence-corrected chi connectivity index (χ3v) is 3.25. The van der Waals surface area contributed by atoms with E-state index in [-0.39, 0.29) is 11.8 Å². The van der Waals surface area contributed by atoms with Crippen molar-refractivity contribution in [3.63, 3.8) is 0 Å². The van der Waals surface area contributed by atoms with Gasteiger partial charge in [-0.2, -0.15) is 0 Å². The second-order valence-electron chi connectivity index (χ2n) is 3.85. The molecule has 1 aromatic rings. The van der Waals surface area contributed by atoms with Crippen molar-refractivity contribution >= 4 is 27.5 Å². The number of nitrogens with two attached hydrogens (primary N) is 1. The summed E-state index contributed by atoms with van der Waals surface area (Å²) in [6.45, 7) is 2.16. The van der Waals surface area contributed by atoms with Gasteiger partial charge in [-0.1, -0.05) is 6.92 Å². The number of ether oxygens (including phenoxy) is 1. The lowest BCUT2D eigenvalue weighted by Crippen LogP contribution is -2.35. The quantitative estimate of drug-likeness (QED) is 0.925. The predicted molar refractivity (Wildman–Crippen MR) is 72.3 cm³/mol. The molecule has 1 atom stereocenters. The lowest BCUT2D eigenvalue weighted by molar-refractivity contribution is -0.121. The summed E-state index contributed by atoms with van der Waals surface area (Å²) in [7, 11) is 3.34. The van der Waals surface area contributed by atoms with Crippen LogP contribution >= 0.6 is 15.9 Å². The topological polar surface area (TPSA) is 55.6 Å². The Labute approximate surface area is 110 Å². The molecule has 94 valence electrons. The molecule has 17 heavy (non-hydrogen) atoms. The molecule has 0 saturated carbocycles. The molecule has 1 unspecified atom stereocenters. The molecule has 0 saturated heterocycles. The fraction of sp³-hybridized carbons (Fsp3) is 0.417. The molecule has 0 aromatic heterocycles. The third-order valence-electron chi connectivity index (χ3n) is 2.63. The first-order valence-corrected chi connectivity index (χ1v) is 6.11. The van der Waals surface area contributed by atoms with E-state index in [0.717, 1.165) is 15.9 Å². The molecular formula is C12H17BrN2O2. The van der Waals surface area contributed by atoms with Crippen molar-refractivity contribution in [1.29, 1.82) is 0 Å². The Morgan fingerprint density at radius 3 is 2.71 bits per heavy atom. The van der Waals surface area contributed by atoms with Crippen LogP contribution in [-0.2, 0) is 4.79 Å². The average Bonchev–Trinajstić information content (AvgIpc) is 2.35. The highest BCUT2D eigenvalue weighted by molar-refractivity contribution is 9.10. The van der Waals surface area contributed by atoms with Gasteiger partial charge in [0, 0.05) is 25.2 Å². The average molecular weight is 301 g/mol. The summed E-state index contributed by atoms with van der Waals surface area (Å²) in [4.78, 5) is 13.5. The summed E-state index contributed by atoms with van der Waals surface area (Å²) >= 11 is 3.39. The predicted octanol–water partition coefficient (Wildman–Crippen LogP) is 2.02. The zero-order chi connectivity index (χ0) is 13.0. The van der Waals surface area contributed by atoms with E-state index < -0.39 is 0 Å². The van der Waals surface area contributed by atoms with E-state index in [1.807, 2.05) is 25.1 Å². The number of anilines is 1. The lowest BCUT2D eigenvalue weighted by atomic mass is 10.1. The number of hydrogen-bond acceptors (Lipinski definition) is 3.